The molecule has 7 nitrogen and oxygen atoms in total. The number of hydrogen-bond acceptors (Lipinski definition) is 6. The van der Waals surface area contributed by atoms with Crippen LogP contribution in [-0.4, -0.2) is 41.9 Å². The van der Waals surface area contributed by atoms with Gasteiger partial charge in [-0.3, -0.25) is 14.9 Å². The van der Waals surface area contributed by atoms with E-state index < -0.39 is 16.7 Å². The molecule has 1 fully saturated rings. The summed E-state index contributed by atoms with van der Waals surface area (Å²) in [5.74, 6) is -0.218. The molecule has 0 bridgehead atoms. The Bertz CT molecular complexity index is 690. The first-order chi connectivity index (χ1) is 11.6. The predicted octanol–water partition coefficient (Wildman–Crippen LogP) is 2.86. The zero-order chi connectivity index (χ0) is 16.9. The summed E-state index contributed by atoms with van der Waals surface area (Å²) in [4.78, 5) is 25.6. The van der Waals surface area contributed by atoms with Crippen molar-refractivity contribution in [2.75, 3.05) is 26.2 Å². The Morgan fingerprint density at radius 3 is 2.79 bits per heavy atom. The van der Waals surface area contributed by atoms with E-state index in [4.69, 9.17) is 4.42 Å². The van der Waals surface area contributed by atoms with E-state index in [2.05, 4.69) is 27.7 Å². The first-order valence-corrected chi connectivity index (χ1v) is 8.79. The highest BCUT2D eigenvalue weighted by Crippen LogP contribution is 2.30. The van der Waals surface area contributed by atoms with E-state index in [9.17, 15) is 14.9 Å². The molecular weight excluding hydrogens is 330 g/mol. The third-order valence-corrected chi connectivity index (χ3v) is 5.28. The van der Waals surface area contributed by atoms with Crippen molar-refractivity contribution in [3.05, 3.63) is 50.4 Å². The number of piperidine rings is 1. The maximum Gasteiger partial charge on any atom is 0.433 e. The van der Waals surface area contributed by atoms with Gasteiger partial charge < -0.3 is 14.6 Å². The van der Waals surface area contributed by atoms with Crippen molar-refractivity contribution in [3.63, 3.8) is 0 Å². The summed E-state index contributed by atoms with van der Waals surface area (Å²) in [6, 6.07) is 6.80. The molecule has 24 heavy (non-hydrogen) atoms. The Hall–Kier alpha value is -2.19. The molecule has 8 heteroatoms. The van der Waals surface area contributed by atoms with Crippen LogP contribution in [0.2, 0.25) is 0 Å². The number of likely N-dealkylation sites (tertiary alicyclic amines) is 1. The van der Waals surface area contributed by atoms with E-state index in [1.165, 1.54) is 17.0 Å². The molecule has 1 aliphatic rings. The van der Waals surface area contributed by atoms with E-state index in [-0.39, 0.29) is 5.76 Å². The normalized spacial score (nSPS) is 16.2. The van der Waals surface area contributed by atoms with E-state index >= 15 is 0 Å². The van der Waals surface area contributed by atoms with Crippen LogP contribution in [0.5, 0.6) is 0 Å². The number of carbonyl (C=O) groups excluding carboxylic acids is 1. The number of thiophene rings is 1. The molecule has 0 spiro atoms. The molecule has 1 aliphatic heterocycles. The number of amides is 1. The summed E-state index contributed by atoms with van der Waals surface area (Å²) in [6.45, 7) is 3.30. The first-order valence-electron chi connectivity index (χ1n) is 7.91. The first kappa shape index (κ1) is 16.7. The van der Waals surface area contributed by atoms with Gasteiger partial charge in [0.25, 0.3) is 5.91 Å². The zero-order valence-electron chi connectivity index (χ0n) is 13.1. The molecule has 0 aromatic carbocycles. The lowest BCUT2D eigenvalue weighted by atomic mass is 9.95. The average Bonchev–Trinajstić information content (AvgIpc) is 3.27. The minimum absolute atomic E-state index is 0.0295. The van der Waals surface area contributed by atoms with Crippen LogP contribution in [-0.2, 0) is 0 Å². The highest BCUT2D eigenvalue weighted by Gasteiger charge is 2.21. The third-order valence-electron chi connectivity index (χ3n) is 4.24. The van der Waals surface area contributed by atoms with Crippen molar-refractivity contribution < 1.29 is 14.1 Å². The van der Waals surface area contributed by atoms with Gasteiger partial charge in [0.2, 0.25) is 0 Å². The Morgan fingerprint density at radius 1 is 1.38 bits per heavy atom. The van der Waals surface area contributed by atoms with Gasteiger partial charge in [-0.25, -0.2) is 0 Å². The summed E-state index contributed by atoms with van der Waals surface area (Å²) in [5, 5.41) is 15.4. The van der Waals surface area contributed by atoms with Gasteiger partial charge in [-0.2, -0.15) is 0 Å². The number of hydrogen-bond donors (Lipinski definition) is 1. The second kappa shape index (κ2) is 7.59. The van der Waals surface area contributed by atoms with Crippen LogP contribution in [0.3, 0.4) is 0 Å². The molecule has 0 aliphatic carbocycles. The Labute approximate surface area is 143 Å². The van der Waals surface area contributed by atoms with E-state index in [0.717, 1.165) is 32.5 Å². The molecule has 3 rings (SSSR count). The highest BCUT2D eigenvalue weighted by molar-refractivity contribution is 7.10. The fourth-order valence-electron chi connectivity index (χ4n) is 2.93. The number of furan rings is 1. The minimum Gasteiger partial charge on any atom is -0.395 e. The van der Waals surface area contributed by atoms with Crippen molar-refractivity contribution in [2.24, 2.45) is 0 Å². The van der Waals surface area contributed by atoms with Crippen LogP contribution in [0.15, 0.2) is 34.1 Å². The molecule has 1 amide bonds. The average molecular weight is 349 g/mol. The molecule has 0 radical (unpaired) electrons. The SMILES string of the molecule is O=C(NCCN1CCC(c2cccs2)CC1)c1ccc([N+](=O)[O-])o1. The fraction of sp³-hybridized carbons (Fsp3) is 0.438. The maximum absolute atomic E-state index is 11.9. The number of nitrogens with one attached hydrogen (secondary N) is 1. The Morgan fingerprint density at radius 2 is 2.17 bits per heavy atom. The minimum atomic E-state index is -0.658. The van der Waals surface area contributed by atoms with Crippen LogP contribution in [0.1, 0.15) is 34.2 Å². The zero-order valence-corrected chi connectivity index (χ0v) is 14.0. The van der Waals surface area contributed by atoms with Crippen molar-refractivity contribution in [1.29, 1.82) is 0 Å². The fourth-order valence-corrected chi connectivity index (χ4v) is 3.83. The number of nitrogens with zero attached hydrogens (tertiary/aromatic N) is 2. The molecule has 0 unspecified atom stereocenters. The smallest absolute Gasteiger partial charge is 0.395 e. The quantitative estimate of drug-likeness (QED) is 0.640. The summed E-state index contributed by atoms with van der Waals surface area (Å²) < 4.78 is 4.88. The lowest BCUT2D eigenvalue weighted by Crippen LogP contribution is -2.39. The van der Waals surface area contributed by atoms with Crippen LogP contribution >= 0.6 is 11.3 Å². The number of rotatable bonds is 6. The van der Waals surface area contributed by atoms with E-state index in [1.807, 2.05) is 11.3 Å². The number of nitro groups is 1. The molecule has 3 heterocycles. The predicted molar refractivity (Wildman–Crippen MR) is 90.4 cm³/mol. The van der Waals surface area contributed by atoms with Gasteiger partial charge in [0.15, 0.2) is 5.76 Å². The molecular formula is C16H19N3O4S. The van der Waals surface area contributed by atoms with Gasteiger partial charge >= 0.3 is 5.88 Å². The van der Waals surface area contributed by atoms with Gasteiger partial charge in [0, 0.05) is 18.0 Å². The monoisotopic (exact) mass is 349 g/mol. The Balaban J connectivity index is 1.39. The van der Waals surface area contributed by atoms with Gasteiger partial charge in [0.05, 0.1) is 6.07 Å². The molecule has 2 aromatic rings. The summed E-state index contributed by atoms with van der Waals surface area (Å²) >= 11 is 1.82. The van der Waals surface area contributed by atoms with Crippen molar-refractivity contribution in [2.45, 2.75) is 18.8 Å². The van der Waals surface area contributed by atoms with Crippen LogP contribution in [0, 0.1) is 10.1 Å². The second-order valence-electron chi connectivity index (χ2n) is 5.78. The topological polar surface area (TPSA) is 88.6 Å². The highest BCUT2D eigenvalue weighted by atomic mass is 32.1. The van der Waals surface area contributed by atoms with E-state index in [1.54, 1.807) is 0 Å². The standard InChI is InChI=1S/C16H19N3O4S/c20-16(13-3-4-15(23-13)19(21)22)17-7-10-18-8-5-12(6-9-18)14-2-1-11-24-14/h1-4,11-12H,5-10H2,(H,17,20). The molecule has 128 valence electrons. The van der Waals surface area contributed by atoms with Gasteiger partial charge in [-0.05, 0) is 49.4 Å². The van der Waals surface area contributed by atoms with Gasteiger partial charge in [0.1, 0.15) is 4.92 Å². The summed E-state index contributed by atoms with van der Waals surface area (Å²) in [6.07, 6.45) is 2.28. The molecule has 0 saturated carbocycles. The van der Waals surface area contributed by atoms with Crippen LogP contribution in [0.4, 0.5) is 5.88 Å². The second-order valence-corrected chi connectivity index (χ2v) is 6.76. The van der Waals surface area contributed by atoms with Crippen molar-refractivity contribution in [1.82, 2.24) is 10.2 Å². The third kappa shape index (κ3) is 4.01. The summed E-state index contributed by atoms with van der Waals surface area (Å²) in [5.41, 5.74) is 0. The van der Waals surface area contributed by atoms with Crippen LogP contribution in [0.25, 0.3) is 0 Å². The molecule has 2 aromatic heterocycles. The van der Waals surface area contributed by atoms with Crippen molar-refractivity contribution in [3.8, 4) is 0 Å². The van der Waals surface area contributed by atoms with E-state index in [0.29, 0.717) is 12.5 Å². The number of carbonyl (C=O) groups is 1. The van der Waals surface area contributed by atoms with Gasteiger partial charge in [-0.1, -0.05) is 6.07 Å². The van der Waals surface area contributed by atoms with Crippen LogP contribution < -0.4 is 5.32 Å². The lowest BCUT2D eigenvalue weighted by Gasteiger charge is -2.31. The Kier molecular flexibility index (Phi) is 5.27. The maximum atomic E-state index is 11.9. The largest absolute Gasteiger partial charge is 0.433 e. The molecule has 1 saturated heterocycles. The lowest BCUT2D eigenvalue weighted by molar-refractivity contribution is -0.402. The van der Waals surface area contributed by atoms with Crippen molar-refractivity contribution >= 4 is 23.1 Å². The summed E-state index contributed by atoms with van der Waals surface area (Å²) in [7, 11) is 0. The van der Waals surface area contributed by atoms with Gasteiger partial charge in [-0.15, -0.1) is 11.3 Å². The molecule has 0 atom stereocenters. The molecule has 1 N–H and O–H groups in total.